The summed E-state index contributed by atoms with van der Waals surface area (Å²) in [6.07, 6.45) is -0.690. The molecular weight excluding hydrogens is 449 g/mol. The van der Waals surface area contributed by atoms with Crippen molar-refractivity contribution in [3.63, 3.8) is 0 Å². The van der Waals surface area contributed by atoms with Crippen molar-refractivity contribution in [3.8, 4) is 5.75 Å². The van der Waals surface area contributed by atoms with Gasteiger partial charge >= 0.3 is 6.09 Å². The molecule has 1 aliphatic heterocycles. The van der Waals surface area contributed by atoms with E-state index in [-0.39, 0.29) is 53.4 Å². The number of nitrogens with one attached hydrogen (secondary N) is 2. The zero-order chi connectivity index (χ0) is 21.5. The normalized spacial score (nSPS) is 16.1. The molecule has 0 bridgehead atoms. The fourth-order valence-electron chi connectivity index (χ4n) is 3.05. The van der Waals surface area contributed by atoms with Crippen LogP contribution < -0.4 is 21.5 Å². The number of carboxylic acid groups (broad SMARTS) is 1. The van der Waals surface area contributed by atoms with E-state index in [0.29, 0.717) is 0 Å². The summed E-state index contributed by atoms with van der Waals surface area (Å²) in [6, 6.07) is 2.08. The number of phenolic OH excluding ortho intramolecular Hbond substituents is 1. The van der Waals surface area contributed by atoms with Gasteiger partial charge in [0.2, 0.25) is 15.5 Å². The monoisotopic (exact) mass is 463 g/mol. The van der Waals surface area contributed by atoms with Crippen LogP contribution in [0.5, 0.6) is 5.75 Å². The van der Waals surface area contributed by atoms with E-state index in [1.54, 1.807) is 0 Å². The number of benzene rings is 1. The van der Waals surface area contributed by atoms with Gasteiger partial charge in [0.1, 0.15) is 15.6 Å². The van der Waals surface area contributed by atoms with E-state index in [1.165, 1.54) is 12.1 Å². The number of carbonyl (C=O) groups is 1. The molecule has 10 nitrogen and oxygen atoms in total. The van der Waals surface area contributed by atoms with Crippen molar-refractivity contribution in [2.24, 2.45) is 0 Å². The molecule has 4 N–H and O–H groups in total. The van der Waals surface area contributed by atoms with Gasteiger partial charge < -0.3 is 20.8 Å². The van der Waals surface area contributed by atoms with Crippen LogP contribution in [0.1, 0.15) is 12.8 Å². The molecule has 2 aromatic carbocycles. The highest BCUT2D eigenvalue weighted by molar-refractivity contribution is 7.89. The van der Waals surface area contributed by atoms with Gasteiger partial charge in [-0.05, 0) is 25.0 Å². The first-order valence-corrected chi connectivity index (χ1v) is 10.5. The van der Waals surface area contributed by atoms with Gasteiger partial charge in [0, 0.05) is 19.1 Å². The molecule has 3 rings (SSSR count). The van der Waals surface area contributed by atoms with Crippen molar-refractivity contribution < 1.29 is 23.4 Å². The number of piperidine rings is 1. The third-order valence-electron chi connectivity index (χ3n) is 4.57. The minimum absolute atomic E-state index is 0.0185. The molecule has 29 heavy (non-hydrogen) atoms. The second kappa shape index (κ2) is 7.82. The summed E-state index contributed by atoms with van der Waals surface area (Å²) in [5, 5.41) is 23.5. The zero-order valence-electron chi connectivity index (χ0n) is 14.6. The highest BCUT2D eigenvalue weighted by Crippen LogP contribution is 2.40. The summed E-state index contributed by atoms with van der Waals surface area (Å²) >= 11 is 11.7. The minimum Gasteiger partial charge on any atom is -0.504 e. The van der Waals surface area contributed by atoms with E-state index in [4.69, 9.17) is 28.3 Å². The Morgan fingerprint density at radius 3 is 2.31 bits per heavy atom. The second-order valence-corrected chi connectivity index (χ2v) is 9.03. The summed E-state index contributed by atoms with van der Waals surface area (Å²) in [7, 11) is -4.22. The molecule has 1 saturated heterocycles. The molecule has 0 atom stereocenters. The zero-order valence-corrected chi connectivity index (χ0v) is 16.9. The van der Waals surface area contributed by atoms with Gasteiger partial charge in [-0.2, -0.15) is 4.31 Å². The lowest BCUT2D eigenvalue weighted by molar-refractivity contribution is 0.183. The standard InChI is InChI=1S/C16H15Cl2N3O7S/c17-8-1-2-9(20-11-10(18)13(23)14(11)24)12(22)15(8)29(27,28)21-5-3-7(4-6-21)19-16(25)26/h1-2,7,19-20,22H,3-6H2,(H,25,26). The van der Waals surface area contributed by atoms with E-state index < -0.39 is 37.6 Å². The van der Waals surface area contributed by atoms with Gasteiger partial charge in [0.05, 0.1) is 10.7 Å². The second-order valence-electron chi connectivity index (χ2n) is 6.37. The Bertz CT molecular complexity index is 1150. The molecule has 1 aliphatic rings. The lowest BCUT2D eigenvalue weighted by Crippen LogP contribution is -2.46. The Morgan fingerprint density at radius 1 is 1.14 bits per heavy atom. The number of anilines is 2. The fraction of sp³-hybridized carbons (Fsp3) is 0.312. The molecule has 2 aromatic rings. The van der Waals surface area contributed by atoms with Crippen molar-refractivity contribution in [1.82, 2.24) is 9.62 Å². The van der Waals surface area contributed by atoms with Crippen LogP contribution in [0.4, 0.5) is 16.2 Å². The third kappa shape index (κ3) is 3.90. The first-order valence-electron chi connectivity index (χ1n) is 8.31. The molecule has 13 heteroatoms. The van der Waals surface area contributed by atoms with Crippen LogP contribution in [-0.4, -0.2) is 48.2 Å². The SMILES string of the molecule is O=C(O)NC1CCN(S(=O)(=O)c2c(Cl)ccc(Nc3c(Cl)c(=O)c3=O)c2O)CC1. The lowest BCUT2D eigenvalue weighted by atomic mass is 10.1. The Kier molecular flexibility index (Phi) is 5.77. The van der Waals surface area contributed by atoms with E-state index >= 15 is 0 Å². The first-order chi connectivity index (χ1) is 13.5. The van der Waals surface area contributed by atoms with Gasteiger partial charge in [0.25, 0.3) is 5.43 Å². The molecule has 156 valence electrons. The predicted octanol–water partition coefficient (Wildman–Crippen LogP) is 1.46. The van der Waals surface area contributed by atoms with Crippen LogP contribution in [0.15, 0.2) is 26.6 Å². The fourth-order valence-corrected chi connectivity index (χ4v) is 5.33. The number of nitrogens with zero attached hydrogens (tertiary/aromatic N) is 1. The average Bonchev–Trinajstić information content (AvgIpc) is 2.66. The van der Waals surface area contributed by atoms with Gasteiger partial charge in [-0.25, -0.2) is 13.2 Å². The largest absolute Gasteiger partial charge is 0.504 e. The molecule has 0 aromatic heterocycles. The van der Waals surface area contributed by atoms with Gasteiger partial charge in [-0.15, -0.1) is 0 Å². The Balaban J connectivity index is 1.89. The number of phenols is 1. The van der Waals surface area contributed by atoms with Crippen LogP contribution in [-0.2, 0) is 10.0 Å². The van der Waals surface area contributed by atoms with Crippen LogP contribution >= 0.6 is 23.2 Å². The third-order valence-corrected chi connectivity index (χ3v) is 7.34. The van der Waals surface area contributed by atoms with E-state index in [0.717, 1.165) is 4.31 Å². The van der Waals surface area contributed by atoms with E-state index in [9.17, 15) is 27.9 Å². The molecule has 1 amide bonds. The maximum absolute atomic E-state index is 13.0. The van der Waals surface area contributed by atoms with Gasteiger partial charge in [-0.1, -0.05) is 23.2 Å². The van der Waals surface area contributed by atoms with Crippen molar-refractivity contribution >= 4 is 50.7 Å². The van der Waals surface area contributed by atoms with E-state index in [1.807, 2.05) is 0 Å². The Morgan fingerprint density at radius 2 is 1.76 bits per heavy atom. The van der Waals surface area contributed by atoms with Crippen molar-refractivity contribution in [3.05, 3.63) is 42.6 Å². The number of hydrogen-bond donors (Lipinski definition) is 4. The number of rotatable bonds is 5. The smallest absolute Gasteiger partial charge is 0.404 e. The van der Waals surface area contributed by atoms with Gasteiger partial charge in [-0.3, -0.25) is 9.59 Å². The number of halogens is 2. The molecular formula is C16H15Cl2N3O7S. The van der Waals surface area contributed by atoms with E-state index in [2.05, 4.69) is 10.6 Å². The first kappa shape index (κ1) is 21.4. The number of hydrogen-bond acceptors (Lipinski definition) is 7. The van der Waals surface area contributed by atoms with Crippen molar-refractivity contribution in [1.29, 1.82) is 0 Å². The summed E-state index contributed by atoms with van der Waals surface area (Å²) in [5.41, 5.74) is -2.18. The van der Waals surface area contributed by atoms with Crippen LogP contribution in [0.3, 0.4) is 0 Å². The van der Waals surface area contributed by atoms with Crippen molar-refractivity contribution in [2.45, 2.75) is 23.8 Å². The van der Waals surface area contributed by atoms with Crippen molar-refractivity contribution in [2.75, 3.05) is 18.4 Å². The highest BCUT2D eigenvalue weighted by atomic mass is 35.5. The predicted molar refractivity (Wildman–Crippen MR) is 106 cm³/mol. The van der Waals surface area contributed by atoms with Gasteiger partial charge in [0.15, 0.2) is 5.75 Å². The molecule has 1 fully saturated rings. The Hall–Kier alpha value is -2.34. The summed E-state index contributed by atoms with van der Waals surface area (Å²) in [6.45, 7) is 0.0371. The molecule has 0 unspecified atom stereocenters. The highest BCUT2D eigenvalue weighted by Gasteiger charge is 2.34. The summed E-state index contributed by atoms with van der Waals surface area (Å²) in [5.74, 6) is -0.729. The number of aromatic hydroxyl groups is 1. The Labute approximate surface area is 174 Å². The number of amides is 1. The van der Waals surface area contributed by atoms with Crippen LogP contribution in [0, 0.1) is 0 Å². The van der Waals surface area contributed by atoms with Crippen LogP contribution in [0.25, 0.3) is 0 Å². The minimum atomic E-state index is -4.22. The quantitative estimate of drug-likeness (QED) is 0.383. The topological polar surface area (TPSA) is 153 Å². The lowest BCUT2D eigenvalue weighted by Gasteiger charge is -2.31. The van der Waals surface area contributed by atoms with Crippen LogP contribution in [0.2, 0.25) is 10.0 Å². The molecule has 0 spiro atoms. The molecule has 1 heterocycles. The maximum Gasteiger partial charge on any atom is 0.404 e. The molecule has 0 aliphatic carbocycles. The summed E-state index contributed by atoms with van der Waals surface area (Å²) in [4.78, 5) is 32.9. The number of sulfonamides is 1. The molecule has 0 saturated carbocycles. The molecule has 0 radical (unpaired) electrons. The average molecular weight is 464 g/mol. The summed E-state index contributed by atoms with van der Waals surface area (Å²) < 4.78 is 27.1. The maximum atomic E-state index is 13.0.